The van der Waals surface area contributed by atoms with Crippen molar-refractivity contribution in [3.8, 4) is 17.2 Å². The second-order valence-corrected chi connectivity index (χ2v) is 4.85. The van der Waals surface area contributed by atoms with Crippen LogP contribution in [0.4, 0.5) is 0 Å². The van der Waals surface area contributed by atoms with Crippen LogP contribution in [0.2, 0.25) is 0 Å². The van der Waals surface area contributed by atoms with Gasteiger partial charge in [-0.2, -0.15) is 0 Å². The first-order valence-electron chi connectivity index (χ1n) is 7.40. The largest absolute Gasteiger partial charge is 0.497 e. The standard InChI is InChI=1S/C18H21NO4/c1-4-19-18(20)13-8-9-17(22-3)14(10-13)12-23-16-7-5-6-15(11-16)21-2/h5-11H,4,12H2,1-3H3,(H,19,20). The molecule has 5 heteroatoms. The molecular formula is C18H21NO4. The maximum Gasteiger partial charge on any atom is 0.251 e. The molecule has 0 aliphatic heterocycles. The molecule has 2 rings (SSSR count). The summed E-state index contributed by atoms with van der Waals surface area (Å²) in [6, 6.07) is 12.7. The molecule has 1 amide bonds. The van der Waals surface area contributed by atoms with Crippen molar-refractivity contribution in [2.75, 3.05) is 20.8 Å². The van der Waals surface area contributed by atoms with Gasteiger partial charge in [0, 0.05) is 23.7 Å². The average Bonchev–Trinajstić information content (AvgIpc) is 2.60. The van der Waals surface area contributed by atoms with Gasteiger partial charge >= 0.3 is 0 Å². The van der Waals surface area contributed by atoms with Crippen LogP contribution >= 0.6 is 0 Å². The molecule has 0 fully saturated rings. The summed E-state index contributed by atoms with van der Waals surface area (Å²) in [6.45, 7) is 2.76. The van der Waals surface area contributed by atoms with Gasteiger partial charge in [0.2, 0.25) is 0 Å². The van der Waals surface area contributed by atoms with E-state index in [2.05, 4.69) is 5.32 Å². The summed E-state index contributed by atoms with van der Waals surface area (Å²) in [4.78, 5) is 11.9. The zero-order valence-corrected chi connectivity index (χ0v) is 13.6. The molecule has 2 aromatic carbocycles. The van der Waals surface area contributed by atoms with Gasteiger partial charge in [0.1, 0.15) is 23.9 Å². The van der Waals surface area contributed by atoms with E-state index in [0.29, 0.717) is 30.2 Å². The Morgan fingerprint density at radius 3 is 2.52 bits per heavy atom. The zero-order chi connectivity index (χ0) is 16.7. The van der Waals surface area contributed by atoms with Crippen LogP contribution in [0.5, 0.6) is 17.2 Å². The predicted octanol–water partition coefficient (Wildman–Crippen LogP) is 3.03. The van der Waals surface area contributed by atoms with E-state index in [0.717, 1.165) is 11.3 Å². The number of benzene rings is 2. The van der Waals surface area contributed by atoms with E-state index in [9.17, 15) is 4.79 Å². The lowest BCUT2D eigenvalue weighted by Crippen LogP contribution is -2.22. The van der Waals surface area contributed by atoms with E-state index in [4.69, 9.17) is 14.2 Å². The minimum Gasteiger partial charge on any atom is -0.497 e. The lowest BCUT2D eigenvalue weighted by molar-refractivity contribution is 0.0955. The first-order valence-corrected chi connectivity index (χ1v) is 7.40. The number of methoxy groups -OCH3 is 2. The number of carbonyl (C=O) groups is 1. The molecule has 5 nitrogen and oxygen atoms in total. The third-order valence-corrected chi connectivity index (χ3v) is 3.32. The third kappa shape index (κ3) is 4.39. The molecule has 0 aromatic heterocycles. The van der Waals surface area contributed by atoms with Gasteiger partial charge in [0.15, 0.2) is 0 Å². The van der Waals surface area contributed by atoms with Crippen molar-refractivity contribution in [2.45, 2.75) is 13.5 Å². The van der Waals surface area contributed by atoms with E-state index >= 15 is 0 Å². The minimum atomic E-state index is -0.113. The molecule has 0 atom stereocenters. The number of amides is 1. The highest BCUT2D eigenvalue weighted by Crippen LogP contribution is 2.24. The summed E-state index contributed by atoms with van der Waals surface area (Å²) < 4.78 is 16.3. The van der Waals surface area contributed by atoms with Gasteiger partial charge < -0.3 is 19.5 Å². The highest BCUT2D eigenvalue weighted by atomic mass is 16.5. The van der Waals surface area contributed by atoms with Crippen LogP contribution in [0.15, 0.2) is 42.5 Å². The van der Waals surface area contributed by atoms with Crippen LogP contribution in [0.3, 0.4) is 0 Å². The molecule has 0 saturated carbocycles. The maximum absolute atomic E-state index is 11.9. The van der Waals surface area contributed by atoms with Crippen molar-refractivity contribution >= 4 is 5.91 Å². The van der Waals surface area contributed by atoms with Crippen molar-refractivity contribution in [1.29, 1.82) is 0 Å². The molecule has 0 bridgehead atoms. The SMILES string of the molecule is CCNC(=O)c1ccc(OC)c(COc2cccc(OC)c2)c1. The second-order valence-electron chi connectivity index (χ2n) is 4.85. The van der Waals surface area contributed by atoms with Crippen LogP contribution in [-0.2, 0) is 6.61 Å². The van der Waals surface area contributed by atoms with Crippen LogP contribution in [-0.4, -0.2) is 26.7 Å². The Bertz CT molecular complexity index is 670. The fraction of sp³-hybridized carbons (Fsp3) is 0.278. The summed E-state index contributed by atoms with van der Waals surface area (Å²) in [5, 5.41) is 2.78. The molecular weight excluding hydrogens is 294 g/mol. The molecule has 0 spiro atoms. The van der Waals surface area contributed by atoms with E-state index in [1.165, 1.54) is 0 Å². The number of rotatable bonds is 7. The molecule has 0 radical (unpaired) electrons. The number of ether oxygens (including phenoxy) is 3. The molecule has 122 valence electrons. The van der Waals surface area contributed by atoms with Crippen LogP contribution < -0.4 is 19.5 Å². The van der Waals surface area contributed by atoms with Gasteiger partial charge in [0.25, 0.3) is 5.91 Å². The third-order valence-electron chi connectivity index (χ3n) is 3.32. The number of hydrogen-bond acceptors (Lipinski definition) is 4. The Morgan fingerprint density at radius 1 is 1.04 bits per heavy atom. The summed E-state index contributed by atoms with van der Waals surface area (Å²) in [5.41, 5.74) is 1.39. The quantitative estimate of drug-likeness (QED) is 0.853. The van der Waals surface area contributed by atoms with Gasteiger partial charge in [-0.25, -0.2) is 0 Å². The van der Waals surface area contributed by atoms with Crippen molar-refractivity contribution in [1.82, 2.24) is 5.32 Å². The highest BCUT2D eigenvalue weighted by Gasteiger charge is 2.10. The Hall–Kier alpha value is -2.69. The van der Waals surface area contributed by atoms with Crippen molar-refractivity contribution in [3.63, 3.8) is 0 Å². The predicted molar refractivity (Wildman–Crippen MR) is 88.3 cm³/mol. The average molecular weight is 315 g/mol. The van der Waals surface area contributed by atoms with E-state index in [-0.39, 0.29) is 5.91 Å². The van der Waals surface area contributed by atoms with Crippen LogP contribution in [0.1, 0.15) is 22.8 Å². The number of hydrogen-bond donors (Lipinski definition) is 1. The van der Waals surface area contributed by atoms with E-state index in [1.54, 1.807) is 38.5 Å². The Morgan fingerprint density at radius 2 is 1.83 bits per heavy atom. The summed E-state index contributed by atoms with van der Waals surface area (Å²) in [6.07, 6.45) is 0. The minimum absolute atomic E-state index is 0.113. The van der Waals surface area contributed by atoms with Gasteiger partial charge in [-0.1, -0.05) is 6.07 Å². The lowest BCUT2D eigenvalue weighted by Gasteiger charge is -2.12. The zero-order valence-electron chi connectivity index (χ0n) is 13.6. The fourth-order valence-corrected chi connectivity index (χ4v) is 2.15. The Balaban J connectivity index is 2.16. The monoisotopic (exact) mass is 315 g/mol. The van der Waals surface area contributed by atoms with E-state index in [1.807, 2.05) is 25.1 Å². The molecule has 23 heavy (non-hydrogen) atoms. The highest BCUT2D eigenvalue weighted by molar-refractivity contribution is 5.94. The molecule has 1 N–H and O–H groups in total. The first-order chi connectivity index (χ1) is 11.2. The van der Waals surface area contributed by atoms with Gasteiger partial charge in [-0.3, -0.25) is 4.79 Å². The lowest BCUT2D eigenvalue weighted by atomic mass is 10.1. The summed E-state index contributed by atoms with van der Waals surface area (Å²) in [7, 11) is 3.20. The smallest absolute Gasteiger partial charge is 0.251 e. The summed E-state index contributed by atoms with van der Waals surface area (Å²) >= 11 is 0. The van der Waals surface area contributed by atoms with Gasteiger partial charge in [-0.15, -0.1) is 0 Å². The van der Waals surface area contributed by atoms with Crippen molar-refractivity contribution < 1.29 is 19.0 Å². The molecule has 0 unspecified atom stereocenters. The normalized spacial score (nSPS) is 10.0. The summed E-state index contributed by atoms with van der Waals surface area (Å²) in [5.74, 6) is 1.99. The molecule has 0 aliphatic rings. The second kappa shape index (κ2) is 8.08. The van der Waals surface area contributed by atoms with Crippen molar-refractivity contribution in [2.24, 2.45) is 0 Å². The van der Waals surface area contributed by atoms with Gasteiger partial charge in [0.05, 0.1) is 14.2 Å². The number of nitrogens with one attached hydrogen (secondary N) is 1. The molecule has 0 saturated heterocycles. The Labute approximate surface area is 136 Å². The molecule has 0 heterocycles. The fourth-order valence-electron chi connectivity index (χ4n) is 2.15. The Kier molecular flexibility index (Phi) is 5.86. The first kappa shape index (κ1) is 16.7. The van der Waals surface area contributed by atoms with Gasteiger partial charge in [-0.05, 0) is 37.3 Å². The molecule has 0 aliphatic carbocycles. The molecule has 2 aromatic rings. The maximum atomic E-state index is 11.9. The van der Waals surface area contributed by atoms with Crippen LogP contribution in [0, 0.1) is 0 Å². The number of carbonyl (C=O) groups excluding carboxylic acids is 1. The van der Waals surface area contributed by atoms with Crippen molar-refractivity contribution in [3.05, 3.63) is 53.6 Å². The topological polar surface area (TPSA) is 56.8 Å². The van der Waals surface area contributed by atoms with E-state index < -0.39 is 0 Å². The van der Waals surface area contributed by atoms with Crippen LogP contribution in [0.25, 0.3) is 0 Å².